The number of rotatable bonds is 3. The predicted octanol–water partition coefficient (Wildman–Crippen LogP) is 3.19. The molecule has 19 heavy (non-hydrogen) atoms. The summed E-state index contributed by atoms with van der Waals surface area (Å²) in [6.07, 6.45) is 7.05. The third-order valence-electron chi connectivity index (χ3n) is 2.59. The van der Waals surface area contributed by atoms with Crippen LogP contribution in [0.25, 0.3) is 11.0 Å². The van der Waals surface area contributed by atoms with Gasteiger partial charge in [-0.2, -0.15) is 8.75 Å². The first-order valence-electron chi connectivity index (χ1n) is 5.78. The molecule has 1 heterocycles. The number of aliphatic imine (C=N–C) groups is 2. The Morgan fingerprint density at radius 1 is 1.32 bits per heavy atom. The van der Waals surface area contributed by atoms with Crippen LogP contribution in [0.1, 0.15) is 11.1 Å². The molecule has 5 heteroatoms. The van der Waals surface area contributed by atoms with Crippen LogP contribution in [-0.2, 0) is 0 Å². The van der Waals surface area contributed by atoms with Crippen LogP contribution >= 0.6 is 11.7 Å². The fourth-order valence-electron chi connectivity index (χ4n) is 1.58. The number of fused-ring (bicyclic) bond motifs is 1. The van der Waals surface area contributed by atoms with Gasteiger partial charge in [-0.1, -0.05) is 30.9 Å². The summed E-state index contributed by atoms with van der Waals surface area (Å²) < 4.78 is 8.60. The molecular weight excluding hydrogens is 256 g/mol. The number of hydrogen-bond acceptors (Lipinski definition) is 4. The molecule has 0 radical (unpaired) electrons. The van der Waals surface area contributed by atoms with Gasteiger partial charge in [0.05, 0.1) is 11.7 Å². The summed E-state index contributed by atoms with van der Waals surface area (Å²) in [5.74, 6) is 0.636. The Morgan fingerprint density at radius 3 is 2.84 bits per heavy atom. The van der Waals surface area contributed by atoms with Crippen LogP contribution in [0.5, 0.6) is 0 Å². The van der Waals surface area contributed by atoms with E-state index in [0.29, 0.717) is 5.84 Å². The third-order valence-corrected chi connectivity index (χ3v) is 3.12. The lowest BCUT2D eigenvalue weighted by Crippen LogP contribution is -1.92. The first kappa shape index (κ1) is 13.3. The molecule has 0 saturated heterocycles. The Labute approximate surface area is 116 Å². The second kappa shape index (κ2) is 6.15. The van der Waals surface area contributed by atoms with E-state index in [4.69, 9.17) is 0 Å². The second-order valence-corrected chi connectivity index (χ2v) is 4.40. The molecule has 0 N–H and O–H groups in total. The van der Waals surface area contributed by atoms with Crippen LogP contribution in [0.4, 0.5) is 0 Å². The van der Waals surface area contributed by atoms with E-state index in [0.717, 1.165) is 22.2 Å². The number of nitrogens with zero attached hydrogens (tertiary/aromatic N) is 4. The van der Waals surface area contributed by atoms with Gasteiger partial charge in [0.1, 0.15) is 16.9 Å². The molecule has 1 aromatic carbocycles. The van der Waals surface area contributed by atoms with Gasteiger partial charge >= 0.3 is 0 Å². The largest absolute Gasteiger partial charge is 0.270 e. The van der Waals surface area contributed by atoms with Gasteiger partial charge in [-0.15, -0.1) is 0 Å². The van der Waals surface area contributed by atoms with Gasteiger partial charge in [0, 0.05) is 18.8 Å². The highest BCUT2D eigenvalue weighted by molar-refractivity contribution is 7.00. The van der Waals surface area contributed by atoms with E-state index in [1.54, 1.807) is 31.5 Å². The van der Waals surface area contributed by atoms with Crippen molar-refractivity contribution in [2.45, 2.75) is 6.92 Å². The molecule has 1 aromatic heterocycles. The summed E-state index contributed by atoms with van der Waals surface area (Å²) in [4.78, 5) is 8.41. The molecular formula is C14H14N4S. The maximum atomic E-state index is 4.34. The lowest BCUT2D eigenvalue weighted by atomic mass is 10.1. The smallest absolute Gasteiger partial charge is 0.146 e. The van der Waals surface area contributed by atoms with Crippen LogP contribution < -0.4 is 0 Å². The van der Waals surface area contributed by atoms with Crippen molar-refractivity contribution < 1.29 is 0 Å². The molecule has 0 aliphatic heterocycles. The minimum absolute atomic E-state index is 0.636. The van der Waals surface area contributed by atoms with Crippen molar-refractivity contribution in [3.05, 3.63) is 48.1 Å². The number of aryl methyl sites for hydroxylation is 1. The zero-order valence-corrected chi connectivity index (χ0v) is 11.7. The molecule has 0 spiro atoms. The van der Waals surface area contributed by atoms with E-state index in [1.165, 1.54) is 11.7 Å². The molecule has 0 bridgehead atoms. The van der Waals surface area contributed by atoms with Crippen molar-refractivity contribution in [1.29, 1.82) is 0 Å². The molecule has 0 saturated carbocycles. The Hall–Kier alpha value is -2.14. The van der Waals surface area contributed by atoms with E-state index >= 15 is 0 Å². The lowest BCUT2D eigenvalue weighted by Gasteiger charge is -1.97. The Kier molecular flexibility index (Phi) is 4.30. The zero-order valence-electron chi connectivity index (χ0n) is 10.9. The normalized spacial score (nSPS) is 12.8. The van der Waals surface area contributed by atoms with E-state index in [2.05, 4.69) is 25.3 Å². The number of benzene rings is 1. The molecule has 0 unspecified atom stereocenters. The highest BCUT2D eigenvalue weighted by Gasteiger charge is 2.05. The number of allylic oxidation sites excluding steroid dienone is 2. The molecule has 0 aliphatic rings. The van der Waals surface area contributed by atoms with Gasteiger partial charge in [0.25, 0.3) is 0 Å². The fraction of sp³-hybridized carbons (Fsp3) is 0.143. The SMILES string of the molecule is C=C/C=C\C(N=Cc1ccc(C)c2nsnc12)=NC. The topological polar surface area (TPSA) is 50.5 Å². The van der Waals surface area contributed by atoms with Crippen molar-refractivity contribution >= 4 is 34.8 Å². The van der Waals surface area contributed by atoms with Crippen LogP contribution in [0.15, 0.2) is 46.9 Å². The van der Waals surface area contributed by atoms with Crippen LogP contribution in [-0.4, -0.2) is 27.8 Å². The van der Waals surface area contributed by atoms with Crippen LogP contribution in [0, 0.1) is 6.92 Å². The van der Waals surface area contributed by atoms with Gasteiger partial charge in [0.15, 0.2) is 0 Å². The monoisotopic (exact) mass is 270 g/mol. The number of aromatic nitrogens is 2. The average Bonchev–Trinajstić information content (AvgIpc) is 2.91. The summed E-state index contributed by atoms with van der Waals surface area (Å²) in [5.41, 5.74) is 3.89. The molecule has 2 rings (SSSR count). The highest BCUT2D eigenvalue weighted by atomic mass is 32.1. The lowest BCUT2D eigenvalue weighted by molar-refractivity contribution is 1.41. The summed E-state index contributed by atoms with van der Waals surface area (Å²) in [6.45, 7) is 5.64. The Bertz CT molecular complexity index is 680. The molecule has 0 aliphatic carbocycles. The Balaban J connectivity index is 2.36. The summed E-state index contributed by atoms with van der Waals surface area (Å²) in [5, 5.41) is 0. The summed E-state index contributed by atoms with van der Waals surface area (Å²) in [6, 6.07) is 4.01. The third kappa shape index (κ3) is 3.00. The second-order valence-electron chi connectivity index (χ2n) is 3.87. The van der Waals surface area contributed by atoms with Gasteiger partial charge in [-0.3, -0.25) is 4.99 Å². The van der Waals surface area contributed by atoms with Crippen molar-refractivity contribution in [3.63, 3.8) is 0 Å². The van der Waals surface area contributed by atoms with Crippen molar-refractivity contribution in [1.82, 2.24) is 8.75 Å². The molecule has 0 fully saturated rings. The highest BCUT2D eigenvalue weighted by Crippen LogP contribution is 2.19. The summed E-state index contributed by atoms with van der Waals surface area (Å²) in [7, 11) is 1.70. The average molecular weight is 270 g/mol. The van der Waals surface area contributed by atoms with Gasteiger partial charge in [-0.05, 0) is 18.6 Å². The molecule has 0 amide bonds. The fourth-order valence-corrected chi connectivity index (χ4v) is 2.21. The van der Waals surface area contributed by atoms with E-state index in [-0.39, 0.29) is 0 Å². The minimum Gasteiger partial charge on any atom is -0.270 e. The predicted molar refractivity (Wildman–Crippen MR) is 82.4 cm³/mol. The van der Waals surface area contributed by atoms with Crippen LogP contribution in [0.3, 0.4) is 0 Å². The maximum Gasteiger partial charge on any atom is 0.146 e. The van der Waals surface area contributed by atoms with Crippen molar-refractivity contribution in [2.24, 2.45) is 9.98 Å². The van der Waals surface area contributed by atoms with Gasteiger partial charge in [-0.25, -0.2) is 4.99 Å². The molecule has 0 atom stereocenters. The Morgan fingerprint density at radius 2 is 2.11 bits per heavy atom. The molecule has 4 nitrogen and oxygen atoms in total. The quantitative estimate of drug-likeness (QED) is 0.488. The van der Waals surface area contributed by atoms with Crippen LogP contribution in [0.2, 0.25) is 0 Å². The standard InChI is InChI=1S/C14H14N4S/c1-4-5-6-12(15-3)16-9-11-8-7-10(2)13-14(11)18-19-17-13/h4-9H,1H2,2-3H3/b6-5-,15-12?,16-9?. The minimum atomic E-state index is 0.636. The number of amidine groups is 1. The van der Waals surface area contributed by atoms with Gasteiger partial charge < -0.3 is 0 Å². The summed E-state index contributed by atoms with van der Waals surface area (Å²) >= 11 is 1.22. The zero-order chi connectivity index (χ0) is 13.7. The first-order chi connectivity index (χ1) is 9.26. The van der Waals surface area contributed by atoms with Crippen molar-refractivity contribution in [2.75, 3.05) is 7.05 Å². The van der Waals surface area contributed by atoms with E-state index < -0.39 is 0 Å². The van der Waals surface area contributed by atoms with Crippen molar-refractivity contribution in [3.8, 4) is 0 Å². The number of hydrogen-bond donors (Lipinski definition) is 0. The van der Waals surface area contributed by atoms with E-state index in [1.807, 2.05) is 19.1 Å². The van der Waals surface area contributed by atoms with E-state index in [9.17, 15) is 0 Å². The molecule has 2 aromatic rings. The first-order valence-corrected chi connectivity index (χ1v) is 6.51. The maximum absolute atomic E-state index is 4.34. The van der Waals surface area contributed by atoms with Gasteiger partial charge in [0.2, 0.25) is 0 Å². The molecule has 96 valence electrons.